The molecule has 0 aliphatic rings. The molecule has 0 bridgehead atoms. The van der Waals surface area contributed by atoms with Crippen LogP contribution in [0.1, 0.15) is 10.5 Å². The molecule has 10 heteroatoms. The second-order valence-corrected chi connectivity index (χ2v) is 6.85. The van der Waals surface area contributed by atoms with Crippen LogP contribution in [0.2, 0.25) is 0 Å². The summed E-state index contributed by atoms with van der Waals surface area (Å²) in [5.74, 6) is -3.55. The second kappa shape index (κ2) is 6.56. The molecular weight excluding hydrogens is 368 g/mol. The lowest BCUT2D eigenvalue weighted by Crippen LogP contribution is -2.10. The van der Waals surface area contributed by atoms with Gasteiger partial charge in [0.25, 0.3) is 0 Å². The van der Waals surface area contributed by atoms with E-state index >= 15 is 0 Å². The van der Waals surface area contributed by atoms with Crippen LogP contribution in [-0.4, -0.2) is 34.4 Å². The molecule has 26 heavy (non-hydrogen) atoms. The maximum absolute atomic E-state index is 13.8. The average Bonchev–Trinajstić information content (AvgIpc) is 2.62. The largest absolute Gasteiger partial charge is 0.477 e. The van der Waals surface area contributed by atoms with Gasteiger partial charge in [-0.2, -0.15) is 13.8 Å². The summed E-state index contributed by atoms with van der Waals surface area (Å²) in [6.45, 7) is 0. The molecule has 0 spiro atoms. The van der Waals surface area contributed by atoms with E-state index in [0.29, 0.717) is 0 Å². The molecule has 0 atom stereocenters. The Morgan fingerprint density at radius 1 is 0.885 bits per heavy atom. The van der Waals surface area contributed by atoms with Gasteiger partial charge < -0.3 is 5.11 Å². The summed E-state index contributed by atoms with van der Waals surface area (Å²) in [6.07, 6.45) is 0. The zero-order valence-corrected chi connectivity index (χ0v) is 13.6. The van der Waals surface area contributed by atoms with Crippen molar-refractivity contribution in [1.82, 2.24) is 15.0 Å². The molecule has 0 aliphatic carbocycles. The predicted octanol–water partition coefficient (Wildman–Crippen LogP) is 2.35. The highest BCUT2D eigenvalue weighted by atomic mass is 32.2. The number of carbonyl (C=O) groups is 1. The Hall–Kier alpha value is -3.27. The molecule has 0 aromatic carbocycles. The SMILES string of the molecule is O=C(O)c1cccc(S(=O)(=O)c2cccc(-c3ccc(F)nc3F)n2)n1. The normalized spacial score (nSPS) is 11.3. The van der Waals surface area contributed by atoms with E-state index in [9.17, 15) is 22.0 Å². The van der Waals surface area contributed by atoms with Crippen molar-refractivity contribution >= 4 is 15.8 Å². The molecule has 3 aromatic heterocycles. The van der Waals surface area contributed by atoms with Gasteiger partial charge in [0, 0.05) is 0 Å². The summed E-state index contributed by atoms with van der Waals surface area (Å²) < 4.78 is 52.0. The molecule has 132 valence electrons. The predicted molar refractivity (Wildman–Crippen MR) is 84.0 cm³/mol. The summed E-state index contributed by atoms with van der Waals surface area (Å²) >= 11 is 0. The second-order valence-electron chi connectivity index (χ2n) is 5.00. The quantitative estimate of drug-likeness (QED) is 0.695. The fraction of sp³-hybridized carbons (Fsp3) is 0. The van der Waals surface area contributed by atoms with E-state index in [1.807, 2.05) is 0 Å². The van der Waals surface area contributed by atoms with Gasteiger partial charge in [0.15, 0.2) is 10.1 Å². The van der Waals surface area contributed by atoms with Gasteiger partial charge in [0.1, 0.15) is 5.69 Å². The van der Waals surface area contributed by atoms with Crippen molar-refractivity contribution in [2.45, 2.75) is 10.1 Å². The van der Waals surface area contributed by atoms with Crippen molar-refractivity contribution in [3.63, 3.8) is 0 Å². The van der Waals surface area contributed by atoms with Crippen molar-refractivity contribution in [2.75, 3.05) is 0 Å². The van der Waals surface area contributed by atoms with Crippen LogP contribution in [-0.2, 0) is 9.84 Å². The maximum Gasteiger partial charge on any atom is 0.354 e. The first kappa shape index (κ1) is 17.5. The maximum atomic E-state index is 13.8. The zero-order chi connectivity index (χ0) is 18.9. The standard InChI is InChI=1S/C16H9F2N3O4S/c17-12-8-7-9(15(18)21-12)10-3-1-5-13(19-10)26(24,25)14-6-2-4-11(20-14)16(22)23/h1-8H,(H,22,23). The summed E-state index contributed by atoms with van der Waals surface area (Å²) in [6, 6.07) is 9.30. The molecule has 0 saturated heterocycles. The van der Waals surface area contributed by atoms with E-state index in [1.165, 1.54) is 18.2 Å². The van der Waals surface area contributed by atoms with Crippen LogP contribution < -0.4 is 0 Å². The van der Waals surface area contributed by atoms with Gasteiger partial charge in [0.2, 0.25) is 21.7 Å². The van der Waals surface area contributed by atoms with Crippen LogP contribution in [0.4, 0.5) is 8.78 Å². The third-order valence-corrected chi connectivity index (χ3v) is 4.86. The Bertz CT molecular complexity index is 1120. The molecule has 0 aliphatic heterocycles. The first-order valence-corrected chi connectivity index (χ1v) is 8.52. The van der Waals surface area contributed by atoms with Crippen LogP contribution in [0.15, 0.2) is 58.6 Å². The highest BCUT2D eigenvalue weighted by molar-refractivity contribution is 7.91. The Labute approximate surface area is 145 Å². The summed E-state index contributed by atoms with van der Waals surface area (Å²) in [5, 5.41) is 7.96. The molecule has 3 rings (SSSR count). The highest BCUT2D eigenvalue weighted by Crippen LogP contribution is 2.24. The van der Waals surface area contributed by atoms with Gasteiger partial charge in [-0.1, -0.05) is 12.1 Å². The highest BCUT2D eigenvalue weighted by Gasteiger charge is 2.23. The number of carboxylic acids is 1. The Kier molecular flexibility index (Phi) is 4.43. The first-order chi connectivity index (χ1) is 12.3. The fourth-order valence-electron chi connectivity index (χ4n) is 2.11. The van der Waals surface area contributed by atoms with Crippen LogP contribution >= 0.6 is 0 Å². The number of sulfone groups is 1. The number of hydrogen-bond acceptors (Lipinski definition) is 6. The zero-order valence-electron chi connectivity index (χ0n) is 12.8. The van der Waals surface area contributed by atoms with E-state index in [0.717, 1.165) is 30.3 Å². The molecule has 3 aromatic rings. The first-order valence-electron chi connectivity index (χ1n) is 7.04. The monoisotopic (exact) mass is 377 g/mol. The third kappa shape index (κ3) is 3.26. The molecule has 0 saturated carbocycles. The number of aromatic nitrogens is 3. The molecular formula is C16H9F2N3O4S. The van der Waals surface area contributed by atoms with E-state index in [-0.39, 0.29) is 11.3 Å². The Morgan fingerprint density at radius 2 is 1.54 bits per heavy atom. The molecule has 0 amide bonds. The van der Waals surface area contributed by atoms with Gasteiger partial charge in [-0.25, -0.2) is 23.2 Å². The number of carboxylic acid groups (broad SMARTS) is 1. The van der Waals surface area contributed by atoms with Gasteiger partial charge in [0.05, 0.1) is 11.3 Å². The number of aromatic carboxylic acids is 1. The molecule has 0 unspecified atom stereocenters. The minimum atomic E-state index is -4.25. The van der Waals surface area contributed by atoms with Gasteiger partial charge >= 0.3 is 5.97 Å². The summed E-state index contributed by atoms with van der Waals surface area (Å²) in [4.78, 5) is 21.5. The van der Waals surface area contributed by atoms with Crippen molar-refractivity contribution < 1.29 is 27.1 Å². The number of nitrogens with zero attached hydrogens (tertiary/aromatic N) is 3. The Balaban J connectivity index is 2.10. The van der Waals surface area contributed by atoms with Crippen molar-refractivity contribution in [2.24, 2.45) is 0 Å². The third-order valence-electron chi connectivity index (χ3n) is 3.31. The minimum absolute atomic E-state index is 0.0783. The van der Waals surface area contributed by atoms with Crippen LogP contribution in [0.3, 0.4) is 0 Å². The number of hydrogen-bond donors (Lipinski definition) is 1. The number of rotatable bonds is 4. The molecule has 0 fully saturated rings. The van der Waals surface area contributed by atoms with Crippen molar-refractivity contribution in [1.29, 1.82) is 0 Å². The average molecular weight is 377 g/mol. The van der Waals surface area contributed by atoms with Crippen LogP contribution in [0.25, 0.3) is 11.3 Å². The number of halogens is 2. The van der Waals surface area contributed by atoms with E-state index < -0.39 is 43.4 Å². The molecule has 0 radical (unpaired) electrons. The Morgan fingerprint density at radius 3 is 2.19 bits per heavy atom. The lowest BCUT2D eigenvalue weighted by Gasteiger charge is -2.07. The van der Waals surface area contributed by atoms with Gasteiger partial charge in [-0.3, -0.25) is 0 Å². The van der Waals surface area contributed by atoms with Crippen molar-refractivity contribution in [3.8, 4) is 11.3 Å². The lowest BCUT2D eigenvalue weighted by molar-refractivity contribution is 0.0689. The topological polar surface area (TPSA) is 110 Å². The van der Waals surface area contributed by atoms with E-state index in [4.69, 9.17) is 5.11 Å². The van der Waals surface area contributed by atoms with E-state index in [2.05, 4.69) is 15.0 Å². The van der Waals surface area contributed by atoms with E-state index in [1.54, 1.807) is 0 Å². The minimum Gasteiger partial charge on any atom is -0.477 e. The van der Waals surface area contributed by atoms with Crippen LogP contribution in [0.5, 0.6) is 0 Å². The van der Waals surface area contributed by atoms with Gasteiger partial charge in [-0.15, -0.1) is 0 Å². The lowest BCUT2D eigenvalue weighted by atomic mass is 10.2. The summed E-state index contributed by atoms with van der Waals surface area (Å²) in [7, 11) is -4.25. The summed E-state index contributed by atoms with van der Waals surface area (Å²) in [5.41, 5.74) is -0.711. The fourth-order valence-corrected chi connectivity index (χ4v) is 3.28. The molecule has 7 nitrogen and oxygen atoms in total. The van der Waals surface area contributed by atoms with Gasteiger partial charge in [-0.05, 0) is 36.4 Å². The molecule has 3 heterocycles. The van der Waals surface area contributed by atoms with Crippen molar-refractivity contribution in [3.05, 3.63) is 66.1 Å². The molecule has 1 N–H and O–H groups in total. The number of pyridine rings is 3. The van der Waals surface area contributed by atoms with Crippen LogP contribution in [0, 0.1) is 11.9 Å². The smallest absolute Gasteiger partial charge is 0.354 e.